The van der Waals surface area contributed by atoms with Gasteiger partial charge >= 0.3 is 0 Å². The summed E-state index contributed by atoms with van der Waals surface area (Å²) in [4.78, 5) is 22.5. The molecule has 0 spiro atoms. The van der Waals surface area contributed by atoms with E-state index in [0.29, 0.717) is 18.1 Å². The molecule has 1 N–H and O–H groups in total. The maximum Gasteiger partial charge on any atom is 0.232 e. The lowest BCUT2D eigenvalue weighted by Crippen LogP contribution is -2.24. The van der Waals surface area contributed by atoms with Gasteiger partial charge in [0, 0.05) is 11.8 Å². The van der Waals surface area contributed by atoms with Gasteiger partial charge in [-0.15, -0.1) is 0 Å². The van der Waals surface area contributed by atoms with Crippen molar-refractivity contribution in [2.75, 3.05) is 25.6 Å². The van der Waals surface area contributed by atoms with Crippen molar-refractivity contribution in [3.63, 3.8) is 0 Å². The second-order valence-electron chi connectivity index (χ2n) is 7.90. The van der Waals surface area contributed by atoms with Crippen molar-refractivity contribution < 1.29 is 31.9 Å². The van der Waals surface area contributed by atoms with Gasteiger partial charge in [-0.1, -0.05) is 13.0 Å². The summed E-state index contributed by atoms with van der Waals surface area (Å²) in [6.45, 7) is 2.31. The first kappa shape index (κ1) is 22.4. The van der Waals surface area contributed by atoms with E-state index in [0.717, 1.165) is 18.2 Å². The first-order chi connectivity index (χ1) is 14.2. The number of halogens is 1. The molecule has 2 atom stereocenters. The quantitative estimate of drug-likeness (QED) is 0.420. The van der Waals surface area contributed by atoms with E-state index in [4.69, 9.17) is 9.47 Å². The number of sulfone groups is 1. The highest BCUT2D eigenvalue weighted by Gasteiger charge is 2.30. The molecule has 1 saturated carbocycles. The van der Waals surface area contributed by atoms with Gasteiger partial charge in [-0.3, -0.25) is 14.9 Å². The Balaban J connectivity index is 1.47. The van der Waals surface area contributed by atoms with Crippen molar-refractivity contribution in [1.29, 1.82) is 0 Å². The van der Waals surface area contributed by atoms with E-state index < -0.39 is 21.6 Å². The summed E-state index contributed by atoms with van der Waals surface area (Å²) in [5.74, 6) is -1.54. The Labute approximate surface area is 175 Å². The highest BCUT2D eigenvalue weighted by Crippen LogP contribution is 2.31. The molecule has 1 aromatic rings. The average molecular weight is 440 g/mol. The molecule has 7 nitrogen and oxygen atoms in total. The van der Waals surface area contributed by atoms with Gasteiger partial charge in [0.05, 0.1) is 31.5 Å². The number of carbonyl (C=O) groups excluding carboxylic acids is 2. The molecule has 30 heavy (non-hydrogen) atoms. The predicted octanol–water partition coefficient (Wildman–Crippen LogP) is 2.33. The van der Waals surface area contributed by atoms with Crippen LogP contribution in [0.2, 0.25) is 0 Å². The first-order valence-corrected chi connectivity index (χ1v) is 11.7. The van der Waals surface area contributed by atoms with Crippen molar-refractivity contribution >= 4 is 21.7 Å². The van der Waals surface area contributed by atoms with Gasteiger partial charge in [-0.2, -0.15) is 0 Å². The molecule has 0 radical (unpaired) electrons. The number of hydrogen-bond donors (Lipinski definition) is 1. The molecule has 2 amide bonds. The Morgan fingerprint density at radius 2 is 2.03 bits per heavy atom. The summed E-state index contributed by atoms with van der Waals surface area (Å²) in [6, 6.07) is 4.44. The molecule has 1 saturated heterocycles. The smallest absolute Gasteiger partial charge is 0.232 e. The number of amides is 2. The fourth-order valence-corrected chi connectivity index (χ4v) is 4.51. The van der Waals surface area contributed by atoms with Crippen LogP contribution in [-0.2, 0) is 24.2 Å². The van der Waals surface area contributed by atoms with Gasteiger partial charge in [0.25, 0.3) is 0 Å². The third-order valence-electron chi connectivity index (χ3n) is 5.08. The van der Waals surface area contributed by atoms with Crippen LogP contribution in [0.3, 0.4) is 0 Å². The van der Waals surface area contributed by atoms with E-state index in [1.165, 1.54) is 12.1 Å². The average Bonchev–Trinajstić information content (AvgIpc) is 3.44. The van der Waals surface area contributed by atoms with Crippen LogP contribution in [0, 0.1) is 17.7 Å². The van der Waals surface area contributed by atoms with Gasteiger partial charge in [0.2, 0.25) is 11.8 Å². The minimum atomic E-state index is -3.52. The molecule has 2 aliphatic rings. The lowest BCUT2D eigenvalue weighted by Gasteiger charge is -2.14. The highest BCUT2D eigenvalue weighted by molar-refractivity contribution is 7.94. The number of benzene rings is 1. The lowest BCUT2D eigenvalue weighted by molar-refractivity contribution is -0.126. The van der Waals surface area contributed by atoms with Crippen LogP contribution < -0.4 is 10.1 Å². The number of imide groups is 1. The van der Waals surface area contributed by atoms with Gasteiger partial charge < -0.3 is 9.47 Å². The molecule has 3 rings (SSSR count). The van der Waals surface area contributed by atoms with Crippen LogP contribution in [-0.4, -0.2) is 45.8 Å². The molecule has 0 bridgehead atoms. The van der Waals surface area contributed by atoms with Gasteiger partial charge in [-0.05, 0) is 48.4 Å². The molecule has 1 aliphatic heterocycles. The van der Waals surface area contributed by atoms with Gasteiger partial charge in [0.1, 0.15) is 0 Å². The van der Waals surface area contributed by atoms with Crippen LogP contribution in [0.15, 0.2) is 29.7 Å². The van der Waals surface area contributed by atoms with E-state index in [2.05, 4.69) is 5.32 Å². The largest absolute Gasteiger partial charge is 0.490 e. The third kappa shape index (κ3) is 6.63. The van der Waals surface area contributed by atoms with Crippen molar-refractivity contribution in [2.24, 2.45) is 11.8 Å². The molecule has 1 aliphatic carbocycles. The third-order valence-corrected chi connectivity index (χ3v) is 6.65. The van der Waals surface area contributed by atoms with Crippen LogP contribution in [0.5, 0.6) is 5.75 Å². The molecule has 0 aromatic heterocycles. The molecule has 1 aromatic carbocycles. The molecule has 2 fully saturated rings. The zero-order chi connectivity index (χ0) is 21.7. The zero-order valence-electron chi connectivity index (χ0n) is 16.8. The first-order valence-electron chi connectivity index (χ1n) is 9.96. The van der Waals surface area contributed by atoms with E-state index in [1.807, 2.05) is 0 Å². The lowest BCUT2D eigenvalue weighted by atomic mass is 10.0. The summed E-state index contributed by atoms with van der Waals surface area (Å²) < 4.78 is 49.4. The summed E-state index contributed by atoms with van der Waals surface area (Å²) in [6.07, 6.45) is 3.64. The summed E-state index contributed by atoms with van der Waals surface area (Å²) in [7, 11) is -3.52. The van der Waals surface area contributed by atoms with Crippen molar-refractivity contribution in [2.45, 2.75) is 32.1 Å². The summed E-state index contributed by atoms with van der Waals surface area (Å²) in [5, 5.41) is 3.27. The SMILES string of the molecule is C[C@@H](CS(=O)(=O)/C=C/COCC1CC(=O)NC1=O)c1ccc(F)c(OCC2CC2)c1. The topological polar surface area (TPSA) is 98.8 Å². The zero-order valence-corrected chi connectivity index (χ0v) is 17.6. The number of rotatable bonds is 11. The number of ether oxygens (including phenoxy) is 2. The monoisotopic (exact) mass is 439 g/mol. The Morgan fingerprint density at radius 1 is 1.27 bits per heavy atom. The van der Waals surface area contributed by atoms with Crippen LogP contribution in [0.25, 0.3) is 0 Å². The molecule has 9 heteroatoms. The number of nitrogens with one attached hydrogen (secondary N) is 1. The molecule has 1 heterocycles. The minimum Gasteiger partial charge on any atom is -0.490 e. The van der Waals surface area contributed by atoms with Crippen LogP contribution >= 0.6 is 0 Å². The van der Waals surface area contributed by atoms with E-state index >= 15 is 0 Å². The Hall–Kier alpha value is -2.26. The molecular formula is C21H26FNO6S. The van der Waals surface area contributed by atoms with Crippen LogP contribution in [0.1, 0.15) is 37.7 Å². The molecule has 1 unspecified atom stereocenters. The number of hydrogen-bond acceptors (Lipinski definition) is 6. The summed E-state index contributed by atoms with van der Waals surface area (Å²) in [5.41, 5.74) is 0.687. The Kier molecular flexibility index (Phi) is 7.25. The van der Waals surface area contributed by atoms with E-state index in [9.17, 15) is 22.4 Å². The minimum absolute atomic E-state index is 0.0152. The molecule has 164 valence electrons. The van der Waals surface area contributed by atoms with Crippen molar-refractivity contribution in [3.05, 3.63) is 41.1 Å². The molecular weight excluding hydrogens is 413 g/mol. The second kappa shape index (κ2) is 9.70. The maximum absolute atomic E-state index is 13.9. The van der Waals surface area contributed by atoms with Crippen LogP contribution in [0.4, 0.5) is 4.39 Å². The Morgan fingerprint density at radius 3 is 2.70 bits per heavy atom. The van der Waals surface area contributed by atoms with Crippen molar-refractivity contribution in [1.82, 2.24) is 5.32 Å². The standard InChI is InChI=1S/C21H26FNO6S/c1-14(16-5-6-18(22)19(9-16)29-11-15-3-4-15)13-30(26,27)8-2-7-28-12-17-10-20(24)23-21(17)25/h2,5-6,8-9,14-15,17H,3-4,7,10-13H2,1H3,(H,23,24,25)/b8-2+/t14-,17?/m0/s1. The highest BCUT2D eigenvalue weighted by atomic mass is 32.2. The van der Waals surface area contributed by atoms with E-state index in [1.54, 1.807) is 19.1 Å². The fourth-order valence-electron chi connectivity index (χ4n) is 3.14. The van der Waals surface area contributed by atoms with E-state index in [-0.39, 0.29) is 48.9 Å². The maximum atomic E-state index is 13.9. The predicted molar refractivity (Wildman–Crippen MR) is 108 cm³/mol. The second-order valence-corrected chi connectivity index (χ2v) is 9.83. The number of carbonyl (C=O) groups is 2. The summed E-state index contributed by atoms with van der Waals surface area (Å²) >= 11 is 0. The fraction of sp³-hybridized carbons (Fsp3) is 0.524. The van der Waals surface area contributed by atoms with Gasteiger partial charge in [0.15, 0.2) is 21.4 Å². The van der Waals surface area contributed by atoms with Crippen molar-refractivity contribution in [3.8, 4) is 5.75 Å². The Bertz CT molecular complexity index is 925. The normalized spacial score (nSPS) is 20.5. The van der Waals surface area contributed by atoms with Gasteiger partial charge in [-0.25, -0.2) is 12.8 Å².